The minimum atomic E-state index is 0.477. The maximum atomic E-state index is 2.34. The summed E-state index contributed by atoms with van der Waals surface area (Å²) in [7, 11) is 0. The molecule has 0 unspecified atom stereocenters. The van der Waals surface area contributed by atoms with Crippen LogP contribution in [0.4, 0.5) is 0 Å². The normalized spacial score (nSPS) is 15.0. The van der Waals surface area contributed by atoms with E-state index in [1.54, 1.807) is 0 Å². The molecule has 3 aromatic carbocycles. The largest absolute Gasteiger partial charge is 0.0683 e. The van der Waals surface area contributed by atoms with Crippen LogP contribution in [-0.2, 0) is 12.8 Å². The van der Waals surface area contributed by atoms with Crippen LogP contribution in [0.25, 0.3) is 17.2 Å². The van der Waals surface area contributed by atoms with Gasteiger partial charge in [0.15, 0.2) is 0 Å². The van der Waals surface area contributed by atoms with Crippen LogP contribution >= 0.6 is 0 Å². The first kappa shape index (κ1) is 13.8. The highest BCUT2D eigenvalue weighted by atomic mass is 14.3. The molecule has 2 aliphatic carbocycles. The molecule has 0 bridgehead atoms. The van der Waals surface area contributed by atoms with Crippen molar-refractivity contribution in [3.05, 3.63) is 100 Å². The standard InChI is InChI=1S/C24H20/c1-16-13-17-7-6-8-18(23(17)14-16)15-24-21-11-4-2-9-19(21)20-10-3-5-12-22(20)24/h2-13,24H,14-15H2,1H3. The molecule has 0 aromatic heterocycles. The van der Waals surface area contributed by atoms with E-state index in [4.69, 9.17) is 0 Å². The molecule has 0 saturated heterocycles. The first-order chi connectivity index (χ1) is 11.8. The number of hydrogen-bond acceptors (Lipinski definition) is 0. The fourth-order valence-corrected chi connectivity index (χ4v) is 4.49. The predicted molar refractivity (Wildman–Crippen MR) is 101 cm³/mol. The highest BCUT2D eigenvalue weighted by Crippen LogP contribution is 2.46. The zero-order valence-corrected chi connectivity index (χ0v) is 13.9. The van der Waals surface area contributed by atoms with Crippen LogP contribution in [0.3, 0.4) is 0 Å². The van der Waals surface area contributed by atoms with Gasteiger partial charge in [0.1, 0.15) is 0 Å². The Morgan fingerprint density at radius 3 is 2.17 bits per heavy atom. The summed E-state index contributed by atoms with van der Waals surface area (Å²) in [4.78, 5) is 0. The molecule has 0 radical (unpaired) electrons. The lowest BCUT2D eigenvalue weighted by Crippen LogP contribution is -2.04. The highest BCUT2D eigenvalue weighted by Gasteiger charge is 2.29. The summed E-state index contributed by atoms with van der Waals surface area (Å²) in [5, 5.41) is 0. The van der Waals surface area contributed by atoms with Crippen LogP contribution in [0.5, 0.6) is 0 Å². The molecule has 0 nitrogen and oxygen atoms in total. The quantitative estimate of drug-likeness (QED) is 0.544. The van der Waals surface area contributed by atoms with E-state index in [0.717, 1.165) is 12.8 Å². The highest BCUT2D eigenvalue weighted by molar-refractivity contribution is 5.79. The summed E-state index contributed by atoms with van der Waals surface area (Å²) in [5.41, 5.74) is 11.8. The Morgan fingerprint density at radius 1 is 0.792 bits per heavy atom. The van der Waals surface area contributed by atoms with E-state index in [1.165, 1.54) is 44.5 Å². The Kier molecular flexibility index (Phi) is 2.99. The Labute approximate surface area is 143 Å². The first-order valence-corrected chi connectivity index (χ1v) is 8.77. The molecule has 0 spiro atoms. The van der Waals surface area contributed by atoms with Crippen molar-refractivity contribution in [2.75, 3.05) is 0 Å². The van der Waals surface area contributed by atoms with Crippen molar-refractivity contribution in [1.82, 2.24) is 0 Å². The lowest BCUT2D eigenvalue weighted by molar-refractivity contribution is 0.818. The van der Waals surface area contributed by atoms with E-state index < -0.39 is 0 Å². The monoisotopic (exact) mass is 308 g/mol. The molecule has 0 amide bonds. The average Bonchev–Trinajstić information content (AvgIpc) is 3.14. The minimum absolute atomic E-state index is 0.477. The van der Waals surface area contributed by atoms with Gasteiger partial charge in [0.05, 0.1) is 0 Å². The summed E-state index contributed by atoms with van der Waals surface area (Å²) in [5.74, 6) is 0.477. The molecule has 0 heteroatoms. The molecule has 24 heavy (non-hydrogen) atoms. The van der Waals surface area contributed by atoms with Crippen LogP contribution in [0.2, 0.25) is 0 Å². The zero-order valence-electron chi connectivity index (χ0n) is 13.9. The smallest absolute Gasteiger partial charge is 0.0142 e. The number of fused-ring (bicyclic) bond motifs is 4. The Bertz CT molecular complexity index is 929. The Hall–Kier alpha value is -2.60. The van der Waals surface area contributed by atoms with Crippen molar-refractivity contribution in [2.45, 2.75) is 25.7 Å². The molecular weight excluding hydrogens is 288 g/mol. The molecule has 0 heterocycles. The van der Waals surface area contributed by atoms with Gasteiger partial charge < -0.3 is 0 Å². The molecule has 0 aliphatic heterocycles. The van der Waals surface area contributed by atoms with Crippen molar-refractivity contribution >= 4 is 6.08 Å². The Balaban J connectivity index is 1.61. The van der Waals surface area contributed by atoms with Gasteiger partial charge in [-0.2, -0.15) is 0 Å². The molecule has 2 aliphatic rings. The summed E-state index contributed by atoms with van der Waals surface area (Å²) in [6.45, 7) is 2.24. The third-order valence-electron chi connectivity index (χ3n) is 5.55. The van der Waals surface area contributed by atoms with Crippen molar-refractivity contribution in [2.24, 2.45) is 0 Å². The molecular formula is C24H20. The SMILES string of the molecule is CC1=Cc2cccc(CC3c4ccccc4-c4ccccc43)c2C1. The van der Waals surface area contributed by atoms with Crippen LogP contribution < -0.4 is 0 Å². The number of rotatable bonds is 2. The molecule has 0 saturated carbocycles. The van der Waals surface area contributed by atoms with Crippen LogP contribution in [0, 0.1) is 0 Å². The molecule has 5 rings (SSSR count). The Morgan fingerprint density at radius 2 is 1.46 bits per heavy atom. The van der Waals surface area contributed by atoms with Gasteiger partial charge in [0.25, 0.3) is 0 Å². The summed E-state index contributed by atoms with van der Waals surface area (Å²) in [6.07, 6.45) is 4.55. The summed E-state index contributed by atoms with van der Waals surface area (Å²) >= 11 is 0. The fourth-order valence-electron chi connectivity index (χ4n) is 4.49. The number of hydrogen-bond donors (Lipinski definition) is 0. The van der Waals surface area contributed by atoms with Gasteiger partial charge in [0, 0.05) is 5.92 Å². The van der Waals surface area contributed by atoms with Gasteiger partial charge >= 0.3 is 0 Å². The van der Waals surface area contributed by atoms with Crippen molar-refractivity contribution < 1.29 is 0 Å². The topological polar surface area (TPSA) is 0 Å². The van der Waals surface area contributed by atoms with Crippen molar-refractivity contribution in [3.8, 4) is 11.1 Å². The van der Waals surface area contributed by atoms with Gasteiger partial charge in [-0.1, -0.05) is 78.4 Å². The van der Waals surface area contributed by atoms with E-state index in [1.807, 2.05) is 0 Å². The van der Waals surface area contributed by atoms with Crippen molar-refractivity contribution in [3.63, 3.8) is 0 Å². The van der Waals surface area contributed by atoms with Crippen LogP contribution in [0.1, 0.15) is 40.7 Å². The van der Waals surface area contributed by atoms with Crippen LogP contribution in [0.15, 0.2) is 72.3 Å². The molecule has 0 atom stereocenters. The summed E-state index contributed by atoms with van der Waals surface area (Å²) in [6, 6.07) is 24.6. The predicted octanol–water partition coefficient (Wildman–Crippen LogP) is 6.00. The summed E-state index contributed by atoms with van der Waals surface area (Å²) < 4.78 is 0. The van der Waals surface area contributed by atoms with E-state index in [-0.39, 0.29) is 0 Å². The van der Waals surface area contributed by atoms with E-state index >= 15 is 0 Å². The number of benzene rings is 3. The molecule has 0 N–H and O–H groups in total. The van der Waals surface area contributed by atoms with Crippen LogP contribution in [-0.4, -0.2) is 0 Å². The van der Waals surface area contributed by atoms with E-state index in [2.05, 4.69) is 79.7 Å². The third-order valence-corrected chi connectivity index (χ3v) is 5.55. The molecule has 0 fully saturated rings. The second kappa shape index (κ2) is 5.21. The first-order valence-electron chi connectivity index (χ1n) is 8.77. The average molecular weight is 308 g/mol. The zero-order chi connectivity index (χ0) is 16.1. The van der Waals surface area contributed by atoms with E-state index in [9.17, 15) is 0 Å². The second-order valence-electron chi connectivity index (χ2n) is 7.08. The van der Waals surface area contributed by atoms with Crippen molar-refractivity contribution in [1.29, 1.82) is 0 Å². The maximum absolute atomic E-state index is 2.34. The second-order valence-corrected chi connectivity index (χ2v) is 7.08. The lowest BCUT2D eigenvalue weighted by atomic mass is 9.87. The third kappa shape index (κ3) is 1.99. The maximum Gasteiger partial charge on any atom is 0.0142 e. The molecule has 3 aromatic rings. The van der Waals surface area contributed by atoms with Gasteiger partial charge in [-0.05, 0) is 58.7 Å². The fraction of sp³-hybridized carbons (Fsp3) is 0.167. The molecule has 116 valence electrons. The van der Waals surface area contributed by atoms with Gasteiger partial charge in [-0.25, -0.2) is 0 Å². The van der Waals surface area contributed by atoms with E-state index in [0.29, 0.717) is 5.92 Å². The lowest BCUT2D eigenvalue weighted by Gasteiger charge is -2.16. The number of allylic oxidation sites excluding steroid dienone is 1. The van der Waals surface area contributed by atoms with Gasteiger partial charge in [0.2, 0.25) is 0 Å². The van der Waals surface area contributed by atoms with Gasteiger partial charge in [-0.3, -0.25) is 0 Å². The van der Waals surface area contributed by atoms with Gasteiger partial charge in [-0.15, -0.1) is 0 Å². The minimum Gasteiger partial charge on any atom is -0.0683 e.